The van der Waals surface area contributed by atoms with Crippen molar-refractivity contribution in [3.63, 3.8) is 0 Å². The van der Waals surface area contributed by atoms with Crippen molar-refractivity contribution < 1.29 is 4.74 Å². The number of ether oxygens (including phenoxy) is 1. The van der Waals surface area contributed by atoms with Crippen LogP contribution in [0.1, 0.15) is 78.0 Å². The molecule has 1 aliphatic rings. The van der Waals surface area contributed by atoms with Crippen LogP contribution in [0, 0.1) is 19.8 Å². The Kier molecular flexibility index (Phi) is 14.9. The zero-order valence-corrected chi connectivity index (χ0v) is 48.4. The Morgan fingerprint density at radius 1 is 0.464 bits per heavy atom. The first-order chi connectivity index (χ1) is 41.3. The molecule has 0 N–H and O–H groups in total. The summed E-state index contributed by atoms with van der Waals surface area (Å²) in [7, 11) is 0. The molecule has 84 heavy (non-hydrogen) atoms. The lowest BCUT2D eigenvalue weighted by atomic mass is 9.69. The first-order valence-electron chi connectivity index (χ1n) is 29.9. The smallest absolute Gasteiger partial charge is 0.122 e. The minimum atomic E-state index is -0.338. The maximum Gasteiger partial charge on any atom is 0.122 e. The quantitative estimate of drug-likeness (QED) is 0.0751. The van der Waals surface area contributed by atoms with Gasteiger partial charge in [0.1, 0.15) is 5.75 Å². The molecule has 0 bridgehead atoms. The highest BCUT2D eigenvalue weighted by Crippen LogP contribution is 2.56. The minimum Gasteiger partial charge on any atom is -0.493 e. The van der Waals surface area contributed by atoms with Gasteiger partial charge in [-0.3, -0.25) is 0 Å². The van der Waals surface area contributed by atoms with Gasteiger partial charge in [0.15, 0.2) is 0 Å². The molecule has 11 aromatic carbocycles. The molecule has 1 aromatic heterocycles. The summed E-state index contributed by atoms with van der Waals surface area (Å²) in [5, 5.41) is 2.45. The molecule has 1 aliphatic carbocycles. The Bertz CT molecular complexity index is 4330. The predicted molar refractivity (Wildman–Crippen MR) is 357 cm³/mol. The zero-order chi connectivity index (χ0) is 57.2. The number of unbranched alkanes of at least 4 members (excludes halogenated alkanes) is 1. The molecule has 0 aliphatic heterocycles. The molecule has 0 fully saturated rings. The number of fused-ring (bicyclic) bond motifs is 6. The first kappa shape index (κ1) is 53.6. The Labute approximate surface area is 496 Å². The lowest BCUT2D eigenvalue weighted by Gasteiger charge is -2.34. The Morgan fingerprint density at radius 2 is 1.00 bits per heavy atom. The number of benzene rings is 11. The molecule has 0 radical (unpaired) electrons. The molecule has 0 saturated carbocycles. The molecular weight excluding hydrogens is 1020 g/mol. The zero-order valence-electron chi connectivity index (χ0n) is 48.4. The van der Waals surface area contributed by atoms with Crippen molar-refractivity contribution in [1.29, 1.82) is 0 Å². The summed E-state index contributed by atoms with van der Waals surface area (Å²) in [4.78, 5) is 2.44. The normalized spacial score (nSPS) is 13.8. The van der Waals surface area contributed by atoms with Crippen LogP contribution in [0.4, 0.5) is 17.1 Å². The van der Waals surface area contributed by atoms with Crippen LogP contribution in [0.3, 0.4) is 0 Å². The number of aromatic nitrogens is 1. The van der Waals surface area contributed by atoms with Crippen molar-refractivity contribution in [3.8, 4) is 55.9 Å². The molecule has 0 amide bonds. The van der Waals surface area contributed by atoms with E-state index < -0.39 is 0 Å². The third-order valence-electron chi connectivity index (χ3n) is 17.8. The van der Waals surface area contributed by atoms with E-state index in [9.17, 15) is 0 Å². The number of nitrogens with zero attached hydrogens (tertiary/aromatic N) is 2. The van der Waals surface area contributed by atoms with E-state index >= 15 is 0 Å². The molecule has 13 rings (SSSR count). The summed E-state index contributed by atoms with van der Waals surface area (Å²) in [6, 6.07) is 94.1. The number of hydrogen-bond donors (Lipinski definition) is 0. The van der Waals surface area contributed by atoms with Gasteiger partial charge in [-0.15, -0.1) is 0 Å². The van der Waals surface area contributed by atoms with Gasteiger partial charge in [-0.05, 0) is 201 Å². The van der Waals surface area contributed by atoms with E-state index in [2.05, 4.69) is 298 Å². The Balaban J connectivity index is 0.808. The van der Waals surface area contributed by atoms with Crippen LogP contribution in [-0.2, 0) is 5.41 Å². The summed E-state index contributed by atoms with van der Waals surface area (Å²) in [6.45, 7) is 15.3. The maximum atomic E-state index is 6.69. The molecule has 410 valence electrons. The van der Waals surface area contributed by atoms with Gasteiger partial charge >= 0.3 is 0 Å². The van der Waals surface area contributed by atoms with Crippen LogP contribution in [-0.4, -0.2) is 11.2 Å². The Hall–Kier alpha value is -9.70. The monoisotopic (exact) mass is 1090 g/mol. The van der Waals surface area contributed by atoms with Crippen molar-refractivity contribution in [3.05, 3.63) is 307 Å². The van der Waals surface area contributed by atoms with Crippen molar-refractivity contribution >= 4 is 51.0 Å². The number of hydrogen-bond acceptors (Lipinski definition) is 2. The van der Waals surface area contributed by atoms with Gasteiger partial charge in [0.05, 0.1) is 17.6 Å². The average molecular weight is 1090 g/mol. The van der Waals surface area contributed by atoms with Crippen LogP contribution < -0.4 is 9.64 Å². The van der Waals surface area contributed by atoms with Crippen LogP contribution in [0.15, 0.2) is 268 Å². The van der Waals surface area contributed by atoms with E-state index in [1.54, 1.807) is 0 Å². The molecule has 3 heteroatoms. The minimum absolute atomic E-state index is 0.338. The number of anilines is 3. The largest absolute Gasteiger partial charge is 0.493 e. The molecule has 12 aromatic rings. The van der Waals surface area contributed by atoms with Crippen LogP contribution in [0.25, 0.3) is 84.2 Å². The summed E-state index contributed by atoms with van der Waals surface area (Å²) < 4.78 is 9.09. The third kappa shape index (κ3) is 10.0. The highest BCUT2D eigenvalue weighted by atomic mass is 16.5. The van der Waals surface area contributed by atoms with E-state index in [1.165, 1.54) is 94.1 Å². The van der Waals surface area contributed by atoms with Gasteiger partial charge < -0.3 is 14.2 Å². The van der Waals surface area contributed by atoms with Gasteiger partial charge in [0.2, 0.25) is 0 Å². The van der Waals surface area contributed by atoms with Crippen molar-refractivity contribution in [2.75, 3.05) is 11.5 Å². The topological polar surface area (TPSA) is 17.4 Å². The highest BCUT2D eigenvalue weighted by Gasteiger charge is 2.44. The fourth-order valence-corrected chi connectivity index (χ4v) is 13.3. The molecule has 0 saturated heterocycles. The second-order valence-corrected chi connectivity index (χ2v) is 22.8. The van der Waals surface area contributed by atoms with Gasteiger partial charge in [-0.25, -0.2) is 0 Å². The molecule has 2 unspecified atom stereocenters. The van der Waals surface area contributed by atoms with E-state index in [0.717, 1.165) is 71.7 Å². The van der Waals surface area contributed by atoms with Gasteiger partial charge in [-0.2, -0.15) is 0 Å². The Morgan fingerprint density at radius 3 is 1.63 bits per heavy atom. The van der Waals surface area contributed by atoms with Crippen LogP contribution in [0.2, 0.25) is 0 Å². The third-order valence-corrected chi connectivity index (χ3v) is 17.8. The van der Waals surface area contributed by atoms with Gasteiger partial charge in [0, 0.05) is 38.9 Å². The van der Waals surface area contributed by atoms with Crippen LogP contribution >= 0.6 is 0 Å². The predicted octanol–water partition coefficient (Wildman–Crippen LogP) is 22.1. The number of para-hydroxylation sites is 2. The van der Waals surface area contributed by atoms with E-state index in [4.69, 9.17) is 4.74 Å². The molecule has 0 spiro atoms. The van der Waals surface area contributed by atoms with Crippen molar-refractivity contribution in [1.82, 2.24) is 4.57 Å². The van der Waals surface area contributed by atoms with Crippen molar-refractivity contribution in [2.45, 2.75) is 58.3 Å². The summed E-state index contributed by atoms with van der Waals surface area (Å²) >= 11 is 0. The summed E-state index contributed by atoms with van der Waals surface area (Å²) in [5.41, 5.74) is 25.1. The van der Waals surface area contributed by atoms with Crippen molar-refractivity contribution in [2.24, 2.45) is 5.92 Å². The van der Waals surface area contributed by atoms with E-state index in [0.29, 0.717) is 12.5 Å². The summed E-state index contributed by atoms with van der Waals surface area (Å²) in [6.07, 6.45) is 9.15. The lowest BCUT2D eigenvalue weighted by molar-refractivity contribution is 0.230. The average Bonchev–Trinajstić information content (AvgIpc) is 2.07. The van der Waals surface area contributed by atoms with Crippen LogP contribution in [0.5, 0.6) is 5.75 Å². The number of rotatable bonds is 19. The maximum absolute atomic E-state index is 6.69. The molecule has 3 nitrogen and oxygen atoms in total. The number of aryl methyl sites for hydroxylation is 2. The van der Waals surface area contributed by atoms with Gasteiger partial charge in [-0.1, -0.05) is 221 Å². The summed E-state index contributed by atoms with van der Waals surface area (Å²) in [5.74, 6) is 1.44. The molecule has 2 atom stereocenters. The first-order valence-corrected chi connectivity index (χ1v) is 29.9. The standard InChI is InChI=1S/C81H70N2O/c1-6-58-31-35-61(36-32-58)64-41-47-78-74(52-64)75-53-65(42-48-79(75)83(78)68-27-16-11-17-28-68)62-39-43-69(44-40-62)82(67-25-14-10-15-26-67)70-45-46-72-71-29-18-19-30-76(71)81(77(72)54-70,66-23-12-9-13-24-66)49-21-20-22-60(8-3)55-84-80-51-56(4)73(50-57(80)5)63-37-33-59(7-2)34-38-63/h6-7,9-19,23-48,50-54,60H,1-2,8,20-22,49,55H2,3-5H3. The highest BCUT2D eigenvalue weighted by molar-refractivity contribution is 6.11. The molecule has 1 heterocycles. The van der Waals surface area contributed by atoms with E-state index in [-0.39, 0.29) is 5.41 Å². The SMILES string of the molecule is C=Cc1ccc(-c2ccc3c(c2)c2cc(-c4ccc(N(c5ccccc5)c5ccc6c(c5)C(CCCCC(CC)COc5cc(C)c(-c7ccc(C=C)cc7)cc5C)(c5ccccc5)c5ccccc5-6)cc4)ccc2n3-c2ccccc2)cc1. The fourth-order valence-electron chi connectivity index (χ4n) is 13.3. The molecular formula is C81H70N2O. The fraction of sp³-hybridized carbons (Fsp3) is 0.136. The second-order valence-electron chi connectivity index (χ2n) is 22.8. The lowest BCUT2D eigenvalue weighted by Crippen LogP contribution is -2.27. The second kappa shape index (κ2) is 23.3. The van der Waals surface area contributed by atoms with Gasteiger partial charge in [0.25, 0.3) is 0 Å². The van der Waals surface area contributed by atoms with E-state index in [1.807, 2.05) is 12.2 Å².